The normalized spacial score (nSPS) is 20.4. The van der Waals surface area contributed by atoms with Crippen LogP contribution in [-0.4, -0.2) is 37.1 Å². The summed E-state index contributed by atoms with van der Waals surface area (Å²) >= 11 is 0. The molecular formula is C13H28N2. The molecule has 0 aliphatic carbocycles. The van der Waals surface area contributed by atoms with Crippen LogP contribution in [-0.2, 0) is 0 Å². The molecule has 1 heterocycles. The monoisotopic (exact) mass is 212 g/mol. The maximum absolute atomic E-state index is 3.60. The lowest BCUT2D eigenvalue weighted by atomic mass is 10.1. The van der Waals surface area contributed by atoms with Gasteiger partial charge in [-0.1, -0.05) is 19.8 Å². The Labute approximate surface area is 95.4 Å². The highest BCUT2D eigenvalue weighted by molar-refractivity contribution is 4.66. The molecule has 0 spiro atoms. The maximum atomic E-state index is 3.60. The summed E-state index contributed by atoms with van der Waals surface area (Å²) in [5.41, 5.74) is 0. The Bertz CT molecular complexity index is 141. The van der Waals surface area contributed by atoms with E-state index in [0.717, 1.165) is 0 Å². The molecule has 90 valence electrons. The maximum Gasteiger partial charge on any atom is 0.00386 e. The van der Waals surface area contributed by atoms with Crippen molar-refractivity contribution in [1.29, 1.82) is 0 Å². The van der Waals surface area contributed by atoms with Gasteiger partial charge in [0.05, 0.1) is 0 Å². The van der Waals surface area contributed by atoms with Gasteiger partial charge >= 0.3 is 0 Å². The molecule has 0 aromatic heterocycles. The van der Waals surface area contributed by atoms with Gasteiger partial charge in [-0.25, -0.2) is 0 Å². The first-order valence-electron chi connectivity index (χ1n) is 6.78. The zero-order valence-electron chi connectivity index (χ0n) is 10.6. The zero-order chi connectivity index (χ0) is 10.9. The van der Waals surface area contributed by atoms with Crippen molar-refractivity contribution in [3.8, 4) is 0 Å². The van der Waals surface area contributed by atoms with Gasteiger partial charge in [0.1, 0.15) is 0 Å². The SMILES string of the molecule is CCCC(C)NCCCN1CCCCC1. The van der Waals surface area contributed by atoms with Crippen LogP contribution in [0.5, 0.6) is 0 Å². The molecule has 1 N–H and O–H groups in total. The van der Waals surface area contributed by atoms with Crippen molar-refractivity contribution in [1.82, 2.24) is 10.2 Å². The molecule has 1 aliphatic heterocycles. The molecule has 0 amide bonds. The van der Waals surface area contributed by atoms with Crippen molar-refractivity contribution >= 4 is 0 Å². The summed E-state index contributed by atoms with van der Waals surface area (Å²) in [6.45, 7) is 9.72. The van der Waals surface area contributed by atoms with Crippen molar-refractivity contribution in [3.63, 3.8) is 0 Å². The van der Waals surface area contributed by atoms with Gasteiger partial charge in [-0.2, -0.15) is 0 Å². The molecule has 0 aromatic rings. The summed E-state index contributed by atoms with van der Waals surface area (Å²) < 4.78 is 0. The Balaban J connectivity index is 1.91. The minimum Gasteiger partial charge on any atom is -0.314 e. The second kappa shape index (κ2) is 8.12. The van der Waals surface area contributed by atoms with E-state index in [4.69, 9.17) is 0 Å². The third kappa shape index (κ3) is 6.16. The minimum atomic E-state index is 0.705. The molecule has 15 heavy (non-hydrogen) atoms. The molecule has 0 bridgehead atoms. The molecule has 1 fully saturated rings. The van der Waals surface area contributed by atoms with Crippen LogP contribution < -0.4 is 5.32 Å². The van der Waals surface area contributed by atoms with E-state index in [0.29, 0.717) is 6.04 Å². The van der Waals surface area contributed by atoms with Gasteiger partial charge in [-0.15, -0.1) is 0 Å². The topological polar surface area (TPSA) is 15.3 Å². The number of nitrogens with one attached hydrogen (secondary N) is 1. The van der Waals surface area contributed by atoms with E-state index in [1.807, 2.05) is 0 Å². The van der Waals surface area contributed by atoms with Gasteiger partial charge in [-0.05, 0) is 58.8 Å². The Kier molecular flexibility index (Phi) is 7.03. The van der Waals surface area contributed by atoms with Crippen molar-refractivity contribution in [2.24, 2.45) is 0 Å². The Morgan fingerprint density at radius 3 is 2.60 bits per heavy atom. The van der Waals surface area contributed by atoms with Crippen LogP contribution in [0.15, 0.2) is 0 Å². The van der Waals surface area contributed by atoms with Gasteiger partial charge < -0.3 is 10.2 Å². The third-order valence-corrected chi connectivity index (χ3v) is 3.31. The Morgan fingerprint density at radius 2 is 1.93 bits per heavy atom. The highest BCUT2D eigenvalue weighted by atomic mass is 15.1. The molecule has 2 heteroatoms. The standard InChI is InChI=1S/C13H28N2/c1-3-8-13(2)14-9-7-12-15-10-5-4-6-11-15/h13-14H,3-12H2,1-2H3. The van der Waals surface area contributed by atoms with Crippen molar-refractivity contribution in [3.05, 3.63) is 0 Å². The second-order valence-electron chi connectivity index (χ2n) is 4.90. The smallest absolute Gasteiger partial charge is 0.00386 e. The van der Waals surface area contributed by atoms with E-state index in [1.165, 1.54) is 64.7 Å². The lowest BCUT2D eigenvalue weighted by molar-refractivity contribution is 0.225. The molecule has 2 nitrogen and oxygen atoms in total. The first-order valence-corrected chi connectivity index (χ1v) is 6.78. The molecule has 1 unspecified atom stereocenters. The fraction of sp³-hybridized carbons (Fsp3) is 1.00. The molecule has 1 saturated heterocycles. The predicted octanol–water partition coefficient (Wildman–Crippen LogP) is 2.64. The van der Waals surface area contributed by atoms with Crippen LogP contribution in [0, 0.1) is 0 Å². The van der Waals surface area contributed by atoms with Crippen molar-refractivity contribution in [2.45, 2.75) is 58.4 Å². The zero-order valence-corrected chi connectivity index (χ0v) is 10.6. The van der Waals surface area contributed by atoms with Crippen LogP contribution in [0.2, 0.25) is 0 Å². The molecule has 0 radical (unpaired) electrons. The van der Waals surface area contributed by atoms with Gasteiger partial charge in [-0.3, -0.25) is 0 Å². The average Bonchev–Trinajstić information content (AvgIpc) is 2.26. The van der Waals surface area contributed by atoms with Crippen LogP contribution in [0.25, 0.3) is 0 Å². The van der Waals surface area contributed by atoms with Crippen molar-refractivity contribution in [2.75, 3.05) is 26.2 Å². The molecular weight excluding hydrogens is 184 g/mol. The van der Waals surface area contributed by atoms with Gasteiger partial charge in [0.15, 0.2) is 0 Å². The summed E-state index contributed by atoms with van der Waals surface area (Å²) in [5.74, 6) is 0. The van der Waals surface area contributed by atoms with Crippen LogP contribution in [0.4, 0.5) is 0 Å². The van der Waals surface area contributed by atoms with E-state index in [9.17, 15) is 0 Å². The highest BCUT2D eigenvalue weighted by Crippen LogP contribution is 2.08. The highest BCUT2D eigenvalue weighted by Gasteiger charge is 2.08. The summed E-state index contributed by atoms with van der Waals surface area (Å²) in [5, 5.41) is 3.60. The lowest BCUT2D eigenvalue weighted by Crippen LogP contribution is -2.33. The molecule has 0 aromatic carbocycles. The van der Waals surface area contributed by atoms with Crippen LogP contribution in [0.1, 0.15) is 52.4 Å². The van der Waals surface area contributed by atoms with E-state index in [1.54, 1.807) is 0 Å². The third-order valence-electron chi connectivity index (χ3n) is 3.31. The summed E-state index contributed by atoms with van der Waals surface area (Å²) in [7, 11) is 0. The molecule has 1 atom stereocenters. The molecule has 0 saturated carbocycles. The first kappa shape index (κ1) is 13.0. The van der Waals surface area contributed by atoms with Gasteiger partial charge in [0.25, 0.3) is 0 Å². The number of rotatable bonds is 7. The van der Waals surface area contributed by atoms with Gasteiger partial charge in [0, 0.05) is 6.04 Å². The second-order valence-corrected chi connectivity index (χ2v) is 4.90. The summed E-state index contributed by atoms with van der Waals surface area (Å²) in [4.78, 5) is 2.62. The number of piperidine rings is 1. The van der Waals surface area contributed by atoms with E-state index >= 15 is 0 Å². The van der Waals surface area contributed by atoms with Crippen molar-refractivity contribution < 1.29 is 0 Å². The number of hydrogen-bond donors (Lipinski definition) is 1. The largest absolute Gasteiger partial charge is 0.314 e. The van der Waals surface area contributed by atoms with E-state index < -0.39 is 0 Å². The molecule has 1 rings (SSSR count). The average molecular weight is 212 g/mol. The number of likely N-dealkylation sites (tertiary alicyclic amines) is 1. The lowest BCUT2D eigenvalue weighted by Gasteiger charge is -2.26. The van der Waals surface area contributed by atoms with E-state index in [-0.39, 0.29) is 0 Å². The fourth-order valence-electron chi connectivity index (χ4n) is 2.37. The van der Waals surface area contributed by atoms with Crippen LogP contribution in [0.3, 0.4) is 0 Å². The quantitative estimate of drug-likeness (QED) is 0.653. The fourth-order valence-corrected chi connectivity index (χ4v) is 2.37. The predicted molar refractivity (Wildman–Crippen MR) is 67.3 cm³/mol. The molecule has 1 aliphatic rings. The first-order chi connectivity index (χ1) is 7.33. The van der Waals surface area contributed by atoms with E-state index in [2.05, 4.69) is 24.1 Å². The Morgan fingerprint density at radius 1 is 1.20 bits per heavy atom. The number of hydrogen-bond acceptors (Lipinski definition) is 2. The van der Waals surface area contributed by atoms with Gasteiger partial charge in [0.2, 0.25) is 0 Å². The Hall–Kier alpha value is -0.0800. The summed E-state index contributed by atoms with van der Waals surface area (Å²) in [6.07, 6.45) is 8.19. The minimum absolute atomic E-state index is 0.705. The number of nitrogens with zero attached hydrogens (tertiary/aromatic N) is 1. The summed E-state index contributed by atoms with van der Waals surface area (Å²) in [6, 6.07) is 0.705. The van der Waals surface area contributed by atoms with Crippen LogP contribution >= 0.6 is 0 Å².